The molecule has 0 atom stereocenters. The first-order valence-corrected chi connectivity index (χ1v) is 4.31. The van der Waals surface area contributed by atoms with Crippen LogP contribution in [0.1, 0.15) is 11.9 Å². The average Bonchev–Trinajstić information content (AvgIpc) is 2.37. The summed E-state index contributed by atoms with van der Waals surface area (Å²) in [5, 5.41) is 2.26. The van der Waals surface area contributed by atoms with E-state index in [1.807, 2.05) is 39.4 Å². The molecule has 0 amide bonds. The fourth-order valence-corrected chi connectivity index (χ4v) is 1.52. The Kier molecular flexibility index (Phi) is 2.65. The molecule has 0 aliphatic rings. The molecule has 0 N–H and O–H groups in total. The molecule has 1 aromatic heterocycles. The molecule has 0 fully saturated rings. The second kappa shape index (κ2) is 3.53. The normalized spacial score (nSPS) is 10.8. The zero-order chi connectivity index (χ0) is 8.27. The predicted molar refractivity (Wildman–Crippen MR) is 51.1 cm³/mol. The number of rotatable bonds is 2. The summed E-state index contributed by atoms with van der Waals surface area (Å²) < 4.78 is 0. The van der Waals surface area contributed by atoms with Gasteiger partial charge in [-0.2, -0.15) is 0 Å². The highest BCUT2D eigenvalue weighted by Gasteiger charge is 1.98. The molecule has 3 heteroatoms. The molecule has 11 heavy (non-hydrogen) atoms. The van der Waals surface area contributed by atoms with Crippen molar-refractivity contribution in [2.75, 3.05) is 19.0 Å². The van der Waals surface area contributed by atoms with Crippen LogP contribution in [0.15, 0.2) is 12.3 Å². The lowest BCUT2D eigenvalue weighted by molar-refractivity contribution is 1.15. The van der Waals surface area contributed by atoms with Gasteiger partial charge >= 0.3 is 0 Å². The lowest BCUT2D eigenvalue weighted by Gasteiger charge is -2.05. The van der Waals surface area contributed by atoms with Crippen LogP contribution in [0.25, 0.3) is 6.08 Å². The van der Waals surface area contributed by atoms with E-state index in [-0.39, 0.29) is 0 Å². The van der Waals surface area contributed by atoms with Crippen LogP contribution >= 0.6 is 11.3 Å². The van der Waals surface area contributed by atoms with Crippen molar-refractivity contribution in [3.05, 3.63) is 17.3 Å². The Morgan fingerprint density at radius 2 is 2.27 bits per heavy atom. The van der Waals surface area contributed by atoms with E-state index in [1.54, 1.807) is 11.3 Å². The van der Waals surface area contributed by atoms with Crippen molar-refractivity contribution in [1.29, 1.82) is 0 Å². The molecular weight excluding hydrogens is 156 g/mol. The van der Waals surface area contributed by atoms with Crippen molar-refractivity contribution in [3.8, 4) is 0 Å². The number of allylic oxidation sites excluding steroid dienone is 1. The van der Waals surface area contributed by atoms with Crippen LogP contribution in [-0.2, 0) is 0 Å². The summed E-state index contributed by atoms with van der Waals surface area (Å²) in [4.78, 5) is 6.28. The molecule has 0 saturated heterocycles. The van der Waals surface area contributed by atoms with E-state index in [9.17, 15) is 0 Å². The molecule has 1 heterocycles. The monoisotopic (exact) mass is 168 g/mol. The van der Waals surface area contributed by atoms with Crippen LogP contribution in [0.4, 0.5) is 5.00 Å². The summed E-state index contributed by atoms with van der Waals surface area (Å²) in [7, 11) is 4.04. The molecule has 1 rings (SSSR count). The Hall–Kier alpha value is -0.830. The zero-order valence-electron chi connectivity index (χ0n) is 7.03. The Morgan fingerprint density at radius 1 is 1.55 bits per heavy atom. The molecule has 0 bridgehead atoms. The maximum Gasteiger partial charge on any atom is 0.117 e. The standard InChI is InChI=1S/C8H12N2S/c1-4-5-7-9-6-8(11-7)10(2)3/h4-6H,1-3H3/b5-4+. The highest BCUT2D eigenvalue weighted by molar-refractivity contribution is 7.16. The van der Waals surface area contributed by atoms with Gasteiger partial charge in [0, 0.05) is 14.1 Å². The first-order valence-electron chi connectivity index (χ1n) is 3.50. The maximum atomic E-state index is 4.22. The summed E-state index contributed by atoms with van der Waals surface area (Å²) >= 11 is 1.69. The van der Waals surface area contributed by atoms with Gasteiger partial charge in [-0.3, -0.25) is 0 Å². The van der Waals surface area contributed by atoms with E-state index in [0.717, 1.165) is 5.01 Å². The predicted octanol–water partition coefficient (Wildman–Crippen LogP) is 2.24. The molecule has 1 aromatic rings. The zero-order valence-corrected chi connectivity index (χ0v) is 7.85. The van der Waals surface area contributed by atoms with Gasteiger partial charge in [-0.15, -0.1) is 0 Å². The van der Waals surface area contributed by atoms with Crippen LogP contribution in [0, 0.1) is 0 Å². The second-order valence-electron chi connectivity index (χ2n) is 2.43. The molecule has 0 radical (unpaired) electrons. The van der Waals surface area contributed by atoms with Gasteiger partial charge in [0.25, 0.3) is 0 Å². The van der Waals surface area contributed by atoms with Crippen LogP contribution < -0.4 is 4.90 Å². The molecular formula is C8H12N2S. The lowest BCUT2D eigenvalue weighted by atomic mass is 10.5. The molecule has 60 valence electrons. The SMILES string of the molecule is C/C=C/c1ncc(N(C)C)s1. The van der Waals surface area contributed by atoms with Gasteiger partial charge in [0.1, 0.15) is 10.0 Å². The van der Waals surface area contributed by atoms with Gasteiger partial charge < -0.3 is 4.90 Å². The van der Waals surface area contributed by atoms with E-state index in [0.29, 0.717) is 0 Å². The molecule has 0 aliphatic carbocycles. The third-order valence-corrected chi connectivity index (χ3v) is 2.39. The second-order valence-corrected chi connectivity index (χ2v) is 3.47. The van der Waals surface area contributed by atoms with Crippen LogP contribution in [-0.4, -0.2) is 19.1 Å². The van der Waals surface area contributed by atoms with E-state index < -0.39 is 0 Å². The van der Waals surface area contributed by atoms with Crippen molar-refractivity contribution < 1.29 is 0 Å². The van der Waals surface area contributed by atoms with Crippen LogP contribution in [0.3, 0.4) is 0 Å². The molecule has 2 nitrogen and oxygen atoms in total. The fraction of sp³-hybridized carbons (Fsp3) is 0.375. The number of nitrogens with zero attached hydrogens (tertiary/aromatic N) is 2. The van der Waals surface area contributed by atoms with Gasteiger partial charge in [-0.05, 0) is 13.0 Å². The number of hydrogen-bond acceptors (Lipinski definition) is 3. The van der Waals surface area contributed by atoms with Gasteiger partial charge in [-0.1, -0.05) is 17.4 Å². The highest BCUT2D eigenvalue weighted by Crippen LogP contribution is 2.21. The molecule has 0 aromatic carbocycles. The Bertz CT molecular complexity index is 250. The third kappa shape index (κ3) is 2.05. The Morgan fingerprint density at radius 3 is 2.73 bits per heavy atom. The fourth-order valence-electron chi connectivity index (χ4n) is 0.705. The average molecular weight is 168 g/mol. The molecule has 0 unspecified atom stereocenters. The highest BCUT2D eigenvalue weighted by atomic mass is 32.1. The smallest absolute Gasteiger partial charge is 0.117 e. The van der Waals surface area contributed by atoms with Gasteiger partial charge in [0.2, 0.25) is 0 Å². The third-order valence-electron chi connectivity index (χ3n) is 1.26. The van der Waals surface area contributed by atoms with E-state index >= 15 is 0 Å². The van der Waals surface area contributed by atoms with E-state index in [4.69, 9.17) is 0 Å². The first-order chi connectivity index (χ1) is 5.24. The van der Waals surface area contributed by atoms with Crippen LogP contribution in [0.2, 0.25) is 0 Å². The summed E-state index contributed by atoms with van der Waals surface area (Å²) in [6, 6.07) is 0. The molecule has 0 spiro atoms. The van der Waals surface area contributed by atoms with E-state index in [2.05, 4.69) is 9.88 Å². The first kappa shape index (κ1) is 8.27. The lowest BCUT2D eigenvalue weighted by Crippen LogP contribution is -2.05. The minimum Gasteiger partial charge on any atom is -0.368 e. The van der Waals surface area contributed by atoms with Crippen molar-refractivity contribution in [2.24, 2.45) is 0 Å². The number of hydrogen-bond donors (Lipinski definition) is 0. The number of anilines is 1. The van der Waals surface area contributed by atoms with Gasteiger partial charge in [-0.25, -0.2) is 4.98 Å². The minimum atomic E-state index is 1.07. The quantitative estimate of drug-likeness (QED) is 0.673. The minimum absolute atomic E-state index is 1.07. The summed E-state index contributed by atoms with van der Waals surface area (Å²) in [6.07, 6.45) is 5.90. The van der Waals surface area contributed by atoms with Gasteiger partial charge in [0.05, 0.1) is 6.20 Å². The van der Waals surface area contributed by atoms with Crippen molar-refractivity contribution in [3.63, 3.8) is 0 Å². The number of aromatic nitrogens is 1. The van der Waals surface area contributed by atoms with Crippen molar-refractivity contribution in [2.45, 2.75) is 6.92 Å². The Balaban J connectivity index is 2.81. The van der Waals surface area contributed by atoms with Crippen molar-refractivity contribution in [1.82, 2.24) is 4.98 Å². The summed E-state index contributed by atoms with van der Waals surface area (Å²) in [6.45, 7) is 2.00. The van der Waals surface area contributed by atoms with Crippen molar-refractivity contribution >= 4 is 22.4 Å². The number of thiazole rings is 1. The molecule has 0 saturated carbocycles. The molecule has 0 aliphatic heterocycles. The van der Waals surface area contributed by atoms with Gasteiger partial charge in [0.15, 0.2) is 0 Å². The summed E-state index contributed by atoms with van der Waals surface area (Å²) in [5.41, 5.74) is 0. The Labute approximate surface area is 71.2 Å². The van der Waals surface area contributed by atoms with E-state index in [1.165, 1.54) is 5.00 Å². The summed E-state index contributed by atoms with van der Waals surface area (Å²) in [5.74, 6) is 0. The largest absolute Gasteiger partial charge is 0.368 e. The van der Waals surface area contributed by atoms with Crippen LogP contribution in [0.5, 0.6) is 0 Å². The maximum absolute atomic E-state index is 4.22. The topological polar surface area (TPSA) is 16.1 Å².